The molecule has 3 rings (SSSR count). The molecule has 1 fully saturated rings. The Morgan fingerprint density at radius 1 is 1.09 bits per heavy atom. The number of hydrogen-bond donors (Lipinski definition) is 2. The summed E-state index contributed by atoms with van der Waals surface area (Å²) in [5.74, 6) is -4.43. The van der Waals surface area contributed by atoms with E-state index >= 15 is 8.78 Å². The number of carbonyl (C=O) groups excluding carboxylic acids is 2. The molecule has 1 saturated heterocycles. The summed E-state index contributed by atoms with van der Waals surface area (Å²) < 4.78 is 35.3. The second-order valence-corrected chi connectivity index (χ2v) is 9.54. The third-order valence-electron chi connectivity index (χ3n) is 5.32. The van der Waals surface area contributed by atoms with Gasteiger partial charge < -0.3 is 20.7 Å². The molecule has 3 N–H and O–H groups in total. The number of amides is 2. The highest BCUT2D eigenvalue weighted by atomic mass is 35.5. The van der Waals surface area contributed by atoms with Crippen LogP contribution in [0.4, 0.5) is 13.6 Å². The molecule has 2 amide bonds. The monoisotopic (exact) mass is 479 g/mol. The van der Waals surface area contributed by atoms with Crippen LogP contribution < -0.4 is 11.1 Å². The molecule has 0 aliphatic carbocycles. The first kappa shape index (κ1) is 24.9. The van der Waals surface area contributed by atoms with Gasteiger partial charge in [0, 0.05) is 23.7 Å². The summed E-state index contributed by atoms with van der Waals surface area (Å²) in [7, 11) is 0. The minimum atomic E-state index is -3.56. The molecular weight excluding hydrogens is 452 g/mol. The van der Waals surface area contributed by atoms with Crippen LogP contribution in [0.25, 0.3) is 11.1 Å². The van der Waals surface area contributed by atoms with Crippen LogP contribution in [0.3, 0.4) is 0 Å². The molecule has 178 valence electrons. The van der Waals surface area contributed by atoms with Crippen molar-refractivity contribution in [3.63, 3.8) is 0 Å². The lowest BCUT2D eigenvalue weighted by Crippen LogP contribution is -2.52. The van der Waals surface area contributed by atoms with E-state index in [1.165, 1.54) is 17.0 Å². The van der Waals surface area contributed by atoms with Crippen LogP contribution in [0.1, 0.15) is 32.8 Å². The Morgan fingerprint density at radius 2 is 1.64 bits per heavy atom. The number of ether oxygens (including phenoxy) is 1. The molecule has 2 aromatic rings. The highest BCUT2D eigenvalue weighted by Gasteiger charge is 2.46. The Bertz CT molecular complexity index is 992. The number of benzene rings is 2. The Balaban J connectivity index is 1.63. The summed E-state index contributed by atoms with van der Waals surface area (Å²) in [4.78, 5) is 25.9. The van der Waals surface area contributed by atoms with E-state index in [1.807, 2.05) is 0 Å². The zero-order valence-corrected chi connectivity index (χ0v) is 19.5. The fourth-order valence-corrected chi connectivity index (χ4v) is 3.74. The summed E-state index contributed by atoms with van der Waals surface area (Å²) in [5.41, 5.74) is 6.30. The number of nitrogens with two attached hydrogens (primary N) is 1. The molecule has 1 heterocycles. The molecule has 0 bridgehead atoms. The summed E-state index contributed by atoms with van der Waals surface area (Å²) in [6, 6.07) is 10.2. The van der Waals surface area contributed by atoms with E-state index in [-0.39, 0.29) is 24.7 Å². The Labute approximate surface area is 197 Å². The molecule has 1 unspecified atom stereocenters. The van der Waals surface area contributed by atoms with Crippen LogP contribution in [-0.2, 0) is 15.5 Å². The van der Waals surface area contributed by atoms with Gasteiger partial charge in [0.15, 0.2) is 6.04 Å². The molecule has 1 aliphatic heterocycles. The van der Waals surface area contributed by atoms with Crippen LogP contribution in [0.5, 0.6) is 0 Å². The largest absolute Gasteiger partial charge is 0.444 e. The summed E-state index contributed by atoms with van der Waals surface area (Å²) in [6.07, 6.45) is -0.184. The van der Waals surface area contributed by atoms with Gasteiger partial charge in [-0.2, -0.15) is 8.78 Å². The lowest BCUT2D eigenvalue weighted by Gasteiger charge is -2.27. The van der Waals surface area contributed by atoms with Gasteiger partial charge in [-0.15, -0.1) is 0 Å². The average Bonchev–Trinajstić information content (AvgIpc) is 3.20. The zero-order valence-electron chi connectivity index (χ0n) is 18.8. The van der Waals surface area contributed by atoms with Crippen LogP contribution >= 0.6 is 11.6 Å². The van der Waals surface area contributed by atoms with Gasteiger partial charge in [-0.3, -0.25) is 4.79 Å². The quantitative estimate of drug-likeness (QED) is 0.658. The molecule has 9 heteroatoms. The molecule has 33 heavy (non-hydrogen) atoms. The van der Waals surface area contributed by atoms with Crippen LogP contribution in [0.2, 0.25) is 5.02 Å². The number of halogens is 3. The summed E-state index contributed by atoms with van der Waals surface area (Å²) in [5, 5.41) is 3.24. The first-order valence-corrected chi connectivity index (χ1v) is 11.0. The standard InChI is InChI=1S/C24H28ClF2N3O3/c1-23(2,3)33-22(32)29-19-12-13-30(14-19)21(31)20(28)24(26,27)17-8-4-15(5-9-17)16-6-10-18(25)11-7-16/h4-11,19-20H,12-14,28H2,1-3H3,(H,29,32)/t19-,20?/m0/s1. The van der Waals surface area contributed by atoms with E-state index in [9.17, 15) is 9.59 Å². The van der Waals surface area contributed by atoms with E-state index in [4.69, 9.17) is 22.1 Å². The Kier molecular flexibility index (Phi) is 7.29. The van der Waals surface area contributed by atoms with Gasteiger partial charge in [-0.25, -0.2) is 4.79 Å². The Hall–Kier alpha value is -2.71. The van der Waals surface area contributed by atoms with E-state index in [1.54, 1.807) is 57.2 Å². The van der Waals surface area contributed by atoms with Crippen molar-refractivity contribution >= 4 is 23.6 Å². The molecule has 6 nitrogen and oxygen atoms in total. The fourth-order valence-electron chi connectivity index (χ4n) is 3.61. The highest BCUT2D eigenvalue weighted by molar-refractivity contribution is 6.30. The zero-order chi connectivity index (χ0) is 24.4. The first-order chi connectivity index (χ1) is 15.4. The normalized spacial score (nSPS) is 17.5. The second-order valence-electron chi connectivity index (χ2n) is 9.10. The van der Waals surface area contributed by atoms with Crippen molar-refractivity contribution in [3.8, 4) is 11.1 Å². The van der Waals surface area contributed by atoms with Crippen LogP contribution in [-0.4, -0.2) is 47.7 Å². The highest BCUT2D eigenvalue weighted by Crippen LogP contribution is 2.34. The lowest BCUT2D eigenvalue weighted by molar-refractivity contribution is -0.142. The minimum Gasteiger partial charge on any atom is -0.444 e. The third-order valence-corrected chi connectivity index (χ3v) is 5.58. The molecule has 0 spiro atoms. The Morgan fingerprint density at radius 3 is 2.18 bits per heavy atom. The predicted octanol–water partition coefficient (Wildman–Crippen LogP) is 4.55. The van der Waals surface area contributed by atoms with Gasteiger partial charge in [-0.05, 0) is 50.5 Å². The van der Waals surface area contributed by atoms with Crippen molar-refractivity contribution in [2.24, 2.45) is 5.73 Å². The number of carbonyl (C=O) groups is 2. The first-order valence-electron chi connectivity index (χ1n) is 10.6. The third kappa shape index (κ3) is 6.21. The van der Waals surface area contributed by atoms with Gasteiger partial charge in [0.1, 0.15) is 5.60 Å². The van der Waals surface area contributed by atoms with Crippen LogP contribution in [0, 0.1) is 0 Å². The van der Waals surface area contributed by atoms with Gasteiger partial charge >= 0.3 is 6.09 Å². The average molecular weight is 480 g/mol. The number of nitrogens with zero attached hydrogens (tertiary/aromatic N) is 1. The van der Waals surface area contributed by atoms with Crippen molar-refractivity contribution in [1.29, 1.82) is 0 Å². The molecule has 0 saturated carbocycles. The number of alkyl halides is 2. The van der Waals surface area contributed by atoms with Crippen molar-refractivity contribution < 1.29 is 23.1 Å². The second kappa shape index (κ2) is 9.65. The van der Waals surface area contributed by atoms with Crippen molar-refractivity contribution in [2.45, 2.75) is 50.8 Å². The molecular formula is C24H28ClF2N3O3. The van der Waals surface area contributed by atoms with E-state index in [0.717, 1.165) is 11.1 Å². The smallest absolute Gasteiger partial charge is 0.407 e. The number of hydrogen-bond acceptors (Lipinski definition) is 4. The lowest BCUT2D eigenvalue weighted by atomic mass is 9.97. The van der Waals surface area contributed by atoms with E-state index < -0.39 is 29.6 Å². The van der Waals surface area contributed by atoms with Gasteiger partial charge in [0.25, 0.3) is 5.92 Å². The SMILES string of the molecule is CC(C)(C)OC(=O)N[C@H]1CCN(C(=O)C(N)C(F)(F)c2ccc(-c3ccc(Cl)cc3)cc2)C1. The minimum absolute atomic E-state index is 0.0946. The van der Waals surface area contributed by atoms with Gasteiger partial charge in [-0.1, -0.05) is 48.0 Å². The fraction of sp³-hybridized carbons (Fsp3) is 0.417. The summed E-state index contributed by atoms with van der Waals surface area (Å²) in [6.45, 7) is 5.52. The molecule has 1 aliphatic rings. The van der Waals surface area contributed by atoms with E-state index in [0.29, 0.717) is 11.4 Å². The maximum absolute atomic E-state index is 15.1. The number of rotatable bonds is 5. The molecule has 0 aromatic heterocycles. The summed E-state index contributed by atoms with van der Waals surface area (Å²) >= 11 is 5.89. The van der Waals surface area contributed by atoms with Crippen molar-refractivity contribution in [2.75, 3.05) is 13.1 Å². The maximum Gasteiger partial charge on any atom is 0.407 e. The maximum atomic E-state index is 15.1. The number of alkyl carbamates (subject to hydrolysis) is 1. The van der Waals surface area contributed by atoms with Crippen molar-refractivity contribution in [3.05, 3.63) is 59.1 Å². The molecule has 2 aromatic carbocycles. The van der Waals surface area contributed by atoms with Gasteiger partial charge in [0.05, 0.1) is 6.04 Å². The van der Waals surface area contributed by atoms with Crippen LogP contribution in [0.15, 0.2) is 48.5 Å². The van der Waals surface area contributed by atoms with Gasteiger partial charge in [0.2, 0.25) is 5.91 Å². The predicted molar refractivity (Wildman–Crippen MR) is 123 cm³/mol. The van der Waals surface area contributed by atoms with Crippen molar-refractivity contribution in [1.82, 2.24) is 10.2 Å². The van der Waals surface area contributed by atoms with E-state index in [2.05, 4.69) is 5.32 Å². The number of likely N-dealkylation sites (tertiary alicyclic amines) is 1. The molecule has 2 atom stereocenters. The number of nitrogens with one attached hydrogen (secondary N) is 1. The topological polar surface area (TPSA) is 84.7 Å². The molecule has 0 radical (unpaired) electrons.